The summed E-state index contributed by atoms with van der Waals surface area (Å²) in [5.74, 6) is 1.97. The smallest absolute Gasteiger partial charge is 0.514 e. The van der Waals surface area contributed by atoms with Crippen molar-refractivity contribution in [1.82, 2.24) is 9.55 Å². The molecule has 4 heterocycles. The van der Waals surface area contributed by atoms with Gasteiger partial charge >= 0.3 is 21.1 Å². The average Bonchev–Trinajstić information content (AvgIpc) is 3.57. The molecule has 260 valence electrons. The zero-order chi connectivity index (χ0) is 35.1. The number of fused-ring (bicyclic) bond motifs is 8. The van der Waals surface area contributed by atoms with Gasteiger partial charge in [-0.05, 0) is 66.3 Å². The number of ether oxygens (including phenoxy) is 2. The van der Waals surface area contributed by atoms with E-state index in [9.17, 15) is 0 Å². The van der Waals surface area contributed by atoms with Crippen LogP contribution in [0.2, 0.25) is 0 Å². The Morgan fingerprint density at radius 3 is 2.31 bits per heavy atom. The maximum atomic E-state index is 6.82. The standard InChI is InChI=1S/C45H43N3O2.Pt/c1-24-14-15-31-33(18-24)43(6,7)23-38-45(31,10)47-42(50-38)30-21-36(27(4)19-26(30)3)49-37-22-35-34(20-28(37)5)44(8,9)32-13-11-12-29-39-25(2)16-17-46-41(39)48(35)40(29)32;/h11-20,38H,23H2,1-10H3;/q-2;+2/t38-,45+;/m0./s1. The summed E-state index contributed by atoms with van der Waals surface area (Å²) in [7, 11) is 0. The van der Waals surface area contributed by atoms with Gasteiger partial charge in [-0.1, -0.05) is 113 Å². The molecule has 0 amide bonds. The van der Waals surface area contributed by atoms with Gasteiger partial charge in [-0.3, -0.25) is 4.99 Å². The van der Waals surface area contributed by atoms with E-state index >= 15 is 0 Å². The molecular formula is C45H43N3O2Pt. The van der Waals surface area contributed by atoms with Crippen LogP contribution in [0.25, 0.3) is 27.6 Å². The van der Waals surface area contributed by atoms with E-state index in [1.807, 2.05) is 6.20 Å². The molecule has 51 heavy (non-hydrogen) atoms. The van der Waals surface area contributed by atoms with E-state index in [0.717, 1.165) is 40.0 Å². The van der Waals surface area contributed by atoms with Crippen molar-refractivity contribution in [3.05, 3.63) is 129 Å². The number of benzene rings is 4. The third-order valence-electron chi connectivity index (χ3n) is 11.9. The van der Waals surface area contributed by atoms with Crippen LogP contribution in [0.1, 0.15) is 96.7 Å². The summed E-state index contributed by atoms with van der Waals surface area (Å²) >= 11 is 0. The SMILES string of the molecule is Cc1ccc2c(c1)C(C)(C)C[C@@H]1OC(c3[c-]c(Oc4[c-]c5c(cc4C)C(C)(C)c4cccc6c7c(C)ccnc7n-5c46)c(C)cc3C)=N[C@]21C.[Pt+2]. The average molecular weight is 853 g/mol. The van der Waals surface area contributed by atoms with E-state index in [-0.39, 0.29) is 38.0 Å². The van der Waals surface area contributed by atoms with Crippen molar-refractivity contribution in [2.75, 3.05) is 0 Å². The van der Waals surface area contributed by atoms with Crippen LogP contribution >= 0.6 is 0 Å². The molecule has 0 radical (unpaired) electrons. The molecule has 1 aliphatic carbocycles. The second-order valence-electron chi connectivity index (χ2n) is 16.3. The molecule has 0 saturated heterocycles. The van der Waals surface area contributed by atoms with E-state index in [1.54, 1.807) is 0 Å². The van der Waals surface area contributed by atoms with Crippen molar-refractivity contribution in [2.24, 2.45) is 4.99 Å². The van der Waals surface area contributed by atoms with E-state index in [0.29, 0.717) is 17.4 Å². The van der Waals surface area contributed by atoms with Gasteiger partial charge in [-0.15, -0.1) is 28.8 Å². The molecule has 0 unspecified atom stereocenters. The van der Waals surface area contributed by atoms with Crippen LogP contribution in [-0.2, 0) is 42.2 Å². The number of aryl methyl sites for hydroxylation is 5. The van der Waals surface area contributed by atoms with Gasteiger partial charge in [0.05, 0.1) is 5.52 Å². The quantitative estimate of drug-likeness (QED) is 0.167. The van der Waals surface area contributed by atoms with Gasteiger partial charge in [0.2, 0.25) is 0 Å². The number of nitrogens with zero attached hydrogens (tertiary/aromatic N) is 3. The van der Waals surface area contributed by atoms with Gasteiger partial charge in [-0.25, -0.2) is 4.98 Å². The number of pyridine rings is 1. The number of aromatic nitrogens is 2. The fraction of sp³-hybridized carbons (Fsp3) is 0.333. The van der Waals surface area contributed by atoms with Crippen LogP contribution in [0.15, 0.2) is 65.8 Å². The molecule has 0 saturated carbocycles. The third kappa shape index (κ3) is 4.69. The fourth-order valence-corrected chi connectivity index (χ4v) is 8.97. The minimum absolute atomic E-state index is 0. The molecule has 0 spiro atoms. The Balaban J connectivity index is 0.00000374. The van der Waals surface area contributed by atoms with Gasteiger partial charge < -0.3 is 14.0 Å². The minimum atomic E-state index is -0.469. The molecule has 0 bridgehead atoms. The van der Waals surface area contributed by atoms with Crippen LogP contribution in [0.4, 0.5) is 0 Å². The molecule has 6 heteroatoms. The maximum Gasteiger partial charge on any atom is 2.00 e. The molecule has 5 nitrogen and oxygen atoms in total. The van der Waals surface area contributed by atoms with Crippen molar-refractivity contribution < 1.29 is 30.5 Å². The van der Waals surface area contributed by atoms with Crippen LogP contribution in [-0.4, -0.2) is 21.6 Å². The summed E-state index contributed by atoms with van der Waals surface area (Å²) in [4.78, 5) is 10.3. The van der Waals surface area contributed by atoms with Crippen LogP contribution < -0.4 is 4.74 Å². The van der Waals surface area contributed by atoms with Gasteiger partial charge in [-0.2, -0.15) is 6.07 Å². The van der Waals surface area contributed by atoms with E-state index in [4.69, 9.17) is 19.5 Å². The summed E-state index contributed by atoms with van der Waals surface area (Å²) in [6, 6.07) is 27.3. The molecule has 9 rings (SSSR count). The van der Waals surface area contributed by atoms with Gasteiger partial charge in [0.25, 0.3) is 0 Å². The summed E-state index contributed by atoms with van der Waals surface area (Å²) in [5, 5.41) is 2.41. The minimum Gasteiger partial charge on any atom is -0.514 e. The molecule has 3 aliphatic rings. The van der Waals surface area contributed by atoms with Crippen molar-refractivity contribution in [2.45, 2.75) is 98.1 Å². The summed E-state index contributed by atoms with van der Waals surface area (Å²) < 4.78 is 15.9. The molecule has 2 atom stereocenters. The molecular weight excluding hydrogens is 810 g/mol. The van der Waals surface area contributed by atoms with Gasteiger partial charge in [0.1, 0.15) is 23.2 Å². The Hall–Kier alpha value is -4.21. The molecule has 0 fully saturated rings. The van der Waals surface area contributed by atoms with Crippen LogP contribution in [0.3, 0.4) is 0 Å². The molecule has 2 aliphatic heterocycles. The van der Waals surface area contributed by atoms with Crippen molar-refractivity contribution in [3.8, 4) is 17.2 Å². The summed E-state index contributed by atoms with van der Waals surface area (Å²) in [6.07, 6.45) is 2.73. The first kappa shape index (κ1) is 33.9. The number of aliphatic imine (C=N–C) groups is 1. The van der Waals surface area contributed by atoms with Gasteiger partial charge in [0, 0.05) is 28.5 Å². The Bertz CT molecular complexity index is 2500. The van der Waals surface area contributed by atoms with E-state index in [2.05, 4.69) is 141 Å². The Morgan fingerprint density at radius 2 is 1.53 bits per heavy atom. The number of hydrogen-bond acceptors (Lipinski definition) is 4. The molecule has 6 aromatic rings. The molecule has 2 aromatic heterocycles. The Morgan fingerprint density at radius 1 is 0.784 bits per heavy atom. The Labute approximate surface area is 315 Å². The number of para-hydroxylation sites is 1. The van der Waals surface area contributed by atoms with E-state index < -0.39 is 5.54 Å². The second kappa shape index (κ2) is 11.1. The first-order chi connectivity index (χ1) is 23.7. The largest absolute Gasteiger partial charge is 2.00 e. The van der Waals surface area contributed by atoms with E-state index in [1.165, 1.54) is 49.7 Å². The topological polar surface area (TPSA) is 48.6 Å². The van der Waals surface area contributed by atoms with Crippen molar-refractivity contribution >= 4 is 27.8 Å². The molecule has 4 aromatic carbocycles. The van der Waals surface area contributed by atoms with Crippen LogP contribution in [0, 0.1) is 46.8 Å². The van der Waals surface area contributed by atoms with Gasteiger partial charge in [0.15, 0.2) is 0 Å². The zero-order valence-corrected chi connectivity index (χ0v) is 33.3. The zero-order valence-electron chi connectivity index (χ0n) is 31.0. The number of hydrogen-bond donors (Lipinski definition) is 0. The monoisotopic (exact) mass is 852 g/mol. The third-order valence-corrected chi connectivity index (χ3v) is 11.9. The fourth-order valence-electron chi connectivity index (χ4n) is 8.97. The van der Waals surface area contributed by atoms with Crippen LogP contribution in [0.5, 0.6) is 11.5 Å². The Kier molecular flexibility index (Phi) is 7.41. The summed E-state index contributed by atoms with van der Waals surface area (Å²) in [6.45, 7) is 22.1. The maximum absolute atomic E-state index is 6.82. The predicted molar refractivity (Wildman–Crippen MR) is 201 cm³/mol. The first-order valence-electron chi connectivity index (χ1n) is 17.8. The molecule has 0 N–H and O–H groups in total. The van der Waals surface area contributed by atoms with Crippen molar-refractivity contribution in [1.29, 1.82) is 0 Å². The number of rotatable bonds is 3. The van der Waals surface area contributed by atoms with Crippen molar-refractivity contribution in [3.63, 3.8) is 0 Å². The second-order valence-corrected chi connectivity index (χ2v) is 16.3. The predicted octanol–water partition coefficient (Wildman–Crippen LogP) is 10.5. The summed E-state index contributed by atoms with van der Waals surface area (Å²) in [5.41, 5.74) is 13.9. The normalized spacial score (nSPS) is 20.6. The first-order valence-corrected chi connectivity index (χ1v) is 17.8.